The lowest BCUT2D eigenvalue weighted by molar-refractivity contribution is -0.131. The summed E-state index contributed by atoms with van der Waals surface area (Å²) in [5.74, 6) is -2.05. The van der Waals surface area contributed by atoms with Gasteiger partial charge in [-0.1, -0.05) is 55.5 Å². The van der Waals surface area contributed by atoms with Gasteiger partial charge in [0.15, 0.2) is 0 Å². The standard InChI is InChI=1S/C21H22N4O3/c1-13(12-17(22)26)20(27)24-19-21(28)25(2)16-11-7-6-10-15(16)18(23-19)14-8-4-3-5-9-14/h3-11,13,19H,12H2,1-2H3,(H2,22,26)(H,24,27)/t13-,19-/m1/s1. The van der Waals surface area contributed by atoms with E-state index in [-0.39, 0.29) is 12.3 Å². The van der Waals surface area contributed by atoms with Crippen molar-refractivity contribution >= 4 is 29.1 Å². The summed E-state index contributed by atoms with van der Waals surface area (Å²) in [6.07, 6.45) is -1.20. The summed E-state index contributed by atoms with van der Waals surface area (Å²) in [6, 6.07) is 16.9. The lowest BCUT2D eigenvalue weighted by atomic mass is 10.0. The minimum Gasteiger partial charge on any atom is -0.370 e. The van der Waals surface area contributed by atoms with Crippen molar-refractivity contribution in [3.05, 3.63) is 65.7 Å². The number of primary amides is 1. The monoisotopic (exact) mass is 378 g/mol. The number of benzene rings is 2. The second-order valence-corrected chi connectivity index (χ2v) is 6.74. The summed E-state index contributed by atoms with van der Waals surface area (Å²) in [5.41, 5.74) is 8.12. The number of hydrogen-bond donors (Lipinski definition) is 2. The summed E-state index contributed by atoms with van der Waals surface area (Å²) >= 11 is 0. The summed E-state index contributed by atoms with van der Waals surface area (Å²) in [4.78, 5) is 42.6. The number of fused-ring (bicyclic) bond motifs is 1. The van der Waals surface area contributed by atoms with Crippen LogP contribution in [-0.4, -0.2) is 36.6 Å². The van der Waals surface area contributed by atoms with Crippen LogP contribution in [0.4, 0.5) is 5.69 Å². The van der Waals surface area contributed by atoms with E-state index in [9.17, 15) is 14.4 Å². The van der Waals surface area contributed by atoms with Crippen molar-refractivity contribution in [1.82, 2.24) is 5.32 Å². The number of amides is 3. The predicted octanol–water partition coefficient (Wildman–Crippen LogP) is 1.45. The van der Waals surface area contributed by atoms with E-state index in [2.05, 4.69) is 10.3 Å². The molecule has 1 aliphatic rings. The molecule has 28 heavy (non-hydrogen) atoms. The van der Waals surface area contributed by atoms with Crippen molar-refractivity contribution in [3.8, 4) is 0 Å². The second kappa shape index (κ2) is 8.04. The molecule has 3 N–H and O–H groups in total. The minimum absolute atomic E-state index is 0.0991. The Morgan fingerprint density at radius 3 is 2.46 bits per heavy atom. The van der Waals surface area contributed by atoms with E-state index in [4.69, 9.17) is 5.73 Å². The lowest BCUT2D eigenvalue weighted by Gasteiger charge is -2.21. The Morgan fingerprint density at radius 2 is 1.79 bits per heavy atom. The van der Waals surface area contributed by atoms with Crippen molar-refractivity contribution < 1.29 is 14.4 Å². The molecule has 2 atom stereocenters. The molecule has 0 saturated carbocycles. The maximum atomic E-state index is 13.0. The van der Waals surface area contributed by atoms with Crippen molar-refractivity contribution in [3.63, 3.8) is 0 Å². The zero-order valence-corrected chi connectivity index (χ0v) is 15.8. The molecule has 0 aliphatic carbocycles. The highest BCUT2D eigenvalue weighted by atomic mass is 16.2. The highest BCUT2D eigenvalue weighted by molar-refractivity contribution is 6.20. The Bertz CT molecular complexity index is 940. The van der Waals surface area contributed by atoms with Gasteiger partial charge in [-0.15, -0.1) is 0 Å². The van der Waals surface area contributed by atoms with Gasteiger partial charge in [0.05, 0.1) is 11.4 Å². The second-order valence-electron chi connectivity index (χ2n) is 6.74. The Hall–Kier alpha value is -3.48. The third-order valence-corrected chi connectivity index (χ3v) is 4.62. The van der Waals surface area contributed by atoms with Crippen molar-refractivity contribution in [2.75, 3.05) is 11.9 Å². The molecule has 1 heterocycles. The van der Waals surface area contributed by atoms with Gasteiger partial charge < -0.3 is 16.0 Å². The number of rotatable bonds is 5. The van der Waals surface area contributed by atoms with Crippen LogP contribution >= 0.6 is 0 Å². The molecule has 7 heteroatoms. The minimum atomic E-state index is -1.10. The number of benzodiazepines with no additional fused rings is 1. The molecule has 2 aromatic carbocycles. The molecule has 3 amide bonds. The van der Waals surface area contributed by atoms with Crippen LogP contribution in [0.2, 0.25) is 0 Å². The number of hydrogen-bond acceptors (Lipinski definition) is 4. The summed E-state index contributed by atoms with van der Waals surface area (Å²) < 4.78 is 0. The lowest BCUT2D eigenvalue weighted by Crippen LogP contribution is -2.47. The molecule has 2 aromatic rings. The van der Waals surface area contributed by atoms with Crippen LogP contribution < -0.4 is 16.0 Å². The molecule has 0 aromatic heterocycles. The number of carbonyl (C=O) groups excluding carboxylic acids is 3. The number of carbonyl (C=O) groups is 3. The zero-order chi connectivity index (χ0) is 20.3. The normalized spacial score (nSPS) is 17.2. The molecular weight excluding hydrogens is 356 g/mol. The highest BCUT2D eigenvalue weighted by Crippen LogP contribution is 2.27. The smallest absolute Gasteiger partial charge is 0.272 e. The van der Waals surface area contributed by atoms with Gasteiger partial charge in [0.25, 0.3) is 5.91 Å². The number of para-hydroxylation sites is 1. The molecule has 7 nitrogen and oxygen atoms in total. The third kappa shape index (κ3) is 3.93. The zero-order valence-electron chi connectivity index (χ0n) is 15.8. The molecule has 0 spiro atoms. The predicted molar refractivity (Wildman–Crippen MR) is 107 cm³/mol. The van der Waals surface area contributed by atoms with E-state index in [0.29, 0.717) is 11.4 Å². The van der Waals surface area contributed by atoms with Gasteiger partial charge in [-0.25, -0.2) is 4.99 Å². The average Bonchev–Trinajstić information content (AvgIpc) is 2.79. The molecule has 0 fully saturated rings. The quantitative estimate of drug-likeness (QED) is 0.823. The molecule has 1 aliphatic heterocycles. The van der Waals surface area contributed by atoms with Gasteiger partial charge in [0.2, 0.25) is 18.0 Å². The Kier molecular flexibility index (Phi) is 5.54. The third-order valence-electron chi connectivity index (χ3n) is 4.62. The van der Waals surface area contributed by atoms with Crippen LogP contribution in [0.25, 0.3) is 0 Å². The molecule has 0 unspecified atom stereocenters. The first-order valence-electron chi connectivity index (χ1n) is 8.97. The Balaban J connectivity index is 2.03. The van der Waals surface area contributed by atoms with Crippen LogP contribution in [0.3, 0.4) is 0 Å². The van der Waals surface area contributed by atoms with E-state index in [1.807, 2.05) is 54.6 Å². The summed E-state index contributed by atoms with van der Waals surface area (Å²) in [5, 5.41) is 2.65. The van der Waals surface area contributed by atoms with Gasteiger partial charge in [-0.2, -0.15) is 0 Å². The highest BCUT2D eigenvalue weighted by Gasteiger charge is 2.31. The van der Waals surface area contributed by atoms with Gasteiger partial charge in [0.1, 0.15) is 0 Å². The van der Waals surface area contributed by atoms with Crippen molar-refractivity contribution in [2.45, 2.75) is 19.5 Å². The van der Waals surface area contributed by atoms with Gasteiger partial charge in [-0.05, 0) is 6.07 Å². The van der Waals surface area contributed by atoms with Gasteiger partial charge >= 0.3 is 0 Å². The topological polar surface area (TPSA) is 105 Å². The summed E-state index contributed by atoms with van der Waals surface area (Å²) in [7, 11) is 1.65. The van der Waals surface area contributed by atoms with E-state index in [1.165, 1.54) is 4.90 Å². The van der Waals surface area contributed by atoms with E-state index in [1.54, 1.807) is 14.0 Å². The van der Waals surface area contributed by atoms with Crippen molar-refractivity contribution in [1.29, 1.82) is 0 Å². The number of likely N-dealkylation sites (N-methyl/N-ethyl adjacent to an activating group) is 1. The van der Waals surface area contributed by atoms with Crippen LogP contribution in [-0.2, 0) is 14.4 Å². The van der Waals surface area contributed by atoms with E-state index < -0.39 is 23.9 Å². The maximum absolute atomic E-state index is 13.0. The Morgan fingerprint density at radius 1 is 1.14 bits per heavy atom. The van der Waals surface area contributed by atoms with E-state index in [0.717, 1.165) is 11.1 Å². The fourth-order valence-electron chi connectivity index (χ4n) is 3.11. The van der Waals surface area contributed by atoms with Crippen LogP contribution in [0.1, 0.15) is 24.5 Å². The van der Waals surface area contributed by atoms with Crippen molar-refractivity contribution in [2.24, 2.45) is 16.6 Å². The summed E-state index contributed by atoms with van der Waals surface area (Å²) in [6.45, 7) is 1.58. The van der Waals surface area contributed by atoms with E-state index >= 15 is 0 Å². The first-order valence-corrected chi connectivity index (χ1v) is 8.97. The van der Waals surface area contributed by atoms with Crippen LogP contribution in [0.5, 0.6) is 0 Å². The van der Waals surface area contributed by atoms with Gasteiger partial charge in [0, 0.05) is 30.5 Å². The Labute approximate surface area is 163 Å². The maximum Gasteiger partial charge on any atom is 0.272 e. The molecule has 0 radical (unpaired) electrons. The molecule has 144 valence electrons. The average molecular weight is 378 g/mol. The number of nitrogens with two attached hydrogens (primary N) is 1. The first-order chi connectivity index (χ1) is 13.4. The molecule has 0 bridgehead atoms. The number of nitrogens with one attached hydrogen (secondary N) is 1. The fraction of sp³-hybridized carbons (Fsp3) is 0.238. The molecular formula is C21H22N4O3. The molecule has 0 saturated heterocycles. The number of aliphatic imine (C=N–C) groups is 1. The van der Waals surface area contributed by atoms with Crippen LogP contribution in [0.15, 0.2) is 59.6 Å². The van der Waals surface area contributed by atoms with Crippen LogP contribution in [0, 0.1) is 5.92 Å². The first kappa shape index (κ1) is 19.3. The SMILES string of the molecule is C[C@H](CC(N)=O)C(=O)N[C@H]1N=C(c2ccccc2)c2ccccc2N(C)C1=O. The molecule has 3 rings (SSSR count). The fourth-order valence-corrected chi connectivity index (χ4v) is 3.11. The number of anilines is 1. The largest absolute Gasteiger partial charge is 0.370 e. The van der Waals surface area contributed by atoms with Gasteiger partial charge in [-0.3, -0.25) is 14.4 Å². The number of nitrogens with zero attached hydrogens (tertiary/aromatic N) is 2.